The summed E-state index contributed by atoms with van der Waals surface area (Å²) in [6.07, 6.45) is 0. The molecular weight excluding hydrogens is 383 g/mol. The molecule has 2 heterocycles. The summed E-state index contributed by atoms with van der Waals surface area (Å²) in [4.78, 5) is 12.7. The number of rotatable bonds is 2. The van der Waals surface area contributed by atoms with Crippen LogP contribution >= 0.6 is 66.1 Å². The Hall–Kier alpha value is 0.320. The number of thiophene rings is 2. The highest BCUT2D eigenvalue weighted by atomic mass is 79.9. The Labute approximate surface area is 116 Å². The highest BCUT2D eigenvalue weighted by Crippen LogP contribution is 2.35. The molecular formula is C9H3Br2ClOS2. The zero-order valence-electron chi connectivity index (χ0n) is 7.09. The van der Waals surface area contributed by atoms with Crippen molar-refractivity contribution in [2.75, 3.05) is 0 Å². The minimum Gasteiger partial charge on any atom is -0.288 e. The van der Waals surface area contributed by atoms with E-state index in [-0.39, 0.29) is 5.78 Å². The third-order valence-electron chi connectivity index (χ3n) is 1.73. The van der Waals surface area contributed by atoms with E-state index in [0.717, 1.165) is 8.26 Å². The Kier molecular flexibility index (Phi) is 3.67. The van der Waals surface area contributed by atoms with Gasteiger partial charge in [0.1, 0.15) is 4.34 Å². The maximum Gasteiger partial charge on any atom is 0.205 e. The molecule has 15 heavy (non-hydrogen) atoms. The molecule has 2 aromatic rings. The first-order chi connectivity index (χ1) is 7.09. The van der Waals surface area contributed by atoms with Crippen LogP contribution in [0, 0.1) is 0 Å². The largest absolute Gasteiger partial charge is 0.288 e. The lowest BCUT2D eigenvalue weighted by atomic mass is 10.2. The first-order valence-electron chi connectivity index (χ1n) is 3.82. The summed E-state index contributed by atoms with van der Waals surface area (Å²) >= 11 is 15.4. The van der Waals surface area contributed by atoms with Crippen LogP contribution in [0.1, 0.15) is 15.2 Å². The van der Waals surface area contributed by atoms with Crippen molar-refractivity contribution in [3.05, 3.63) is 40.5 Å². The first-order valence-corrected chi connectivity index (χ1v) is 7.48. The van der Waals surface area contributed by atoms with E-state index in [1.807, 2.05) is 5.38 Å². The Morgan fingerprint density at radius 1 is 1.40 bits per heavy atom. The normalized spacial score (nSPS) is 10.6. The number of ketones is 1. The van der Waals surface area contributed by atoms with Crippen LogP contribution in [0.5, 0.6) is 0 Å². The highest BCUT2D eigenvalue weighted by molar-refractivity contribution is 9.13. The number of carbonyl (C=O) groups is 1. The van der Waals surface area contributed by atoms with E-state index in [0.29, 0.717) is 14.8 Å². The molecule has 2 rings (SSSR count). The van der Waals surface area contributed by atoms with E-state index in [2.05, 4.69) is 31.9 Å². The number of halogens is 3. The molecule has 0 atom stereocenters. The second-order valence-electron chi connectivity index (χ2n) is 2.67. The summed E-state index contributed by atoms with van der Waals surface area (Å²) in [5.41, 5.74) is 0.572. The Balaban J connectivity index is 2.41. The molecule has 78 valence electrons. The molecule has 0 bridgehead atoms. The van der Waals surface area contributed by atoms with E-state index in [4.69, 9.17) is 11.6 Å². The lowest BCUT2D eigenvalue weighted by Crippen LogP contribution is -1.96. The molecule has 0 aliphatic heterocycles. The molecule has 0 spiro atoms. The van der Waals surface area contributed by atoms with Crippen molar-refractivity contribution >= 4 is 71.9 Å². The molecule has 0 radical (unpaired) electrons. The first kappa shape index (κ1) is 11.8. The zero-order valence-corrected chi connectivity index (χ0v) is 12.7. The summed E-state index contributed by atoms with van der Waals surface area (Å²) in [6.45, 7) is 0. The van der Waals surface area contributed by atoms with Crippen molar-refractivity contribution in [2.24, 2.45) is 0 Å². The van der Waals surface area contributed by atoms with Gasteiger partial charge in [0.05, 0.1) is 14.2 Å². The highest BCUT2D eigenvalue weighted by Gasteiger charge is 2.17. The van der Waals surface area contributed by atoms with Gasteiger partial charge in [0.25, 0.3) is 0 Å². The fraction of sp³-hybridized carbons (Fsp3) is 0. The number of carbonyl (C=O) groups excluding carboxylic acids is 1. The van der Waals surface area contributed by atoms with Crippen LogP contribution in [0.25, 0.3) is 0 Å². The summed E-state index contributed by atoms with van der Waals surface area (Å²) in [7, 11) is 0. The third-order valence-corrected chi connectivity index (χ3v) is 6.16. The van der Waals surface area contributed by atoms with Crippen molar-refractivity contribution in [2.45, 2.75) is 0 Å². The van der Waals surface area contributed by atoms with Crippen LogP contribution in [-0.2, 0) is 0 Å². The van der Waals surface area contributed by atoms with Gasteiger partial charge in [0.15, 0.2) is 0 Å². The summed E-state index contributed by atoms with van der Waals surface area (Å²) in [5.74, 6) is -0.0300. The van der Waals surface area contributed by atoms with Gasteiger partial charge < -0.3 is 0 Å². The molecule has 0 saturated heterocycles. The summed E-state index contributed by atoms with van der Waals surface area (Å²) in [5, 5.41) is 1.81. The Morgan fingerprint density at radius 2 is 2.13 bits per heavy atom. The second kappa shape index (κ2) is 4.67. The van der Waals surface area contributed by atoms with E-state index in [9.17, 15) is 4.79 Å². The van der Waals surface area contributed by atoms with Gasteiger partial charge in [-0.1, -0.05) is 11.6 Å². The van der Waals surface area contributed by atoms with Gasteiger partial charge >= 0.3 is 0 Å². The van der Waals surface area contributed by atoms with Gasteiger partial charge in [-0.05, 0) is 49.4 Å². The predicted octanol–water partition coefficient (Wildman–Crippen LogP) is 5.22. The van der Waals surface area contributed by atoms with Crippen LogP contribution in [0.15, 0.2) is 25.8 Å². The van der Waals surface area contributed by atoms with E-state index >= 15 is 0 Å². The Morgan fingerprint density at radius 3 is 2.60 bits per heavy atom. The Bertz CT molecular complexity index is 498. The standard InChI is InChI=1S/C9H3Br2ClOS2/c10-5-3-6(15-8(5)11)7(13)4-1-2-14-9(4)12/h1-3H. The number of hydrogen-bond donors (Lipinski definition) is 0. The fourth-order valence-electron chi connectivity index (χ4n) is 1.05. The minimum atomic E-state index is -0.0300. The van der Waals surface area contributed by atoms with Crippen molar-refractivity contribution in [1.29, 1.82) is 0 Å². The SMILES string of the molecule is O=C(c1cc(Br)c(Br)s1)c1ccsc1Cl. The van der Waals surface area contributed by atoms with Crippen molar-refractivity contribution < 1.29 is 4.79 Å². The molecule has 6 heteroatoms. The molecule has 1 nitrogen and oxygen atoms in total. The molecule has 2 aromatic heterocycles. The summed E-state index contributed by atoms with van der Waals surface area (Å²) < 4.78 is 2.35. The molecule has 0 amide bonds. The van der Waals surface area contributed by atoms with Crippen LogP contribution in [0.2, 0.25) is 4.34 Å². The maximum absolute atomic E-state index is 12.0. The van der Waals surface area contributed by atoms with Crippen LogP contribution in [-0.4, -0.2) is 5.78 Å². The van der Waals surface area contributed by atoms with E-state index in [1.54, 1.807) is 12.1 Å². The average molecular weight is 387 g/mol. The van der Waals surface area contributed by atoms with Crippen LogP contribution < -0.4 is 0 Å². The van der Waals surface area contributed by atoms with Crippen molar-refractivity contribution in [3.63, 3.8) is 0 Å². The second-order valence-corrected chi connectivity index (χ2v) is 7.41. The van der Waals surface area contributed by atoms with E-state index < -0.39 is 0 Å². The maximum atomic E-state index is 12.0. The fourth-order valence-corrected chi connectivity index (χ4v) is 3.95. The molecule has 0 unspecified atom stereocenters. The van der Waals surface area contributed by atoms with Gasteiger partial charge in [-0.2, -0.15) is 0 Å². The van der Waals surface area contributed by atoms with Crippen LogP contribution in [0.4, 0.5) is 0 Å². The van der Waals surface area contributed by atoms with Crippen molar-refractivity contribution in [1.82, 2.24) is 0 Å². The third kappa shape index (κ3) is 2.36. The van der Waals surface area contributed by atoms with Gasteiger partial charge in [-0.25, -0.2) is 0 Å². The molecule has 0 fully saturated rings. The van der Waals surface area contributed by atoms with Gasteiger partial charge in [-0.15, -0.1) is 22.7 Å². The van der Waals surface area contributed by atoms with Crippen molar-refractivity contribution in [3.8, 4) is 0 Å². The zero-order chi connectivity index (χ0) is 11.0. The molecule has 0 aromatic carbocycles. The lowest BCUT2D eigenvalue weighted by molar-refractivity contribution is 0.104. The smallest absolute Gasteiger partial charge is 0.205 e. The minimum absolute atomic E-state index is 0.0300. The average Bonchev–Trinajstić information content (AvgIpc) is 2.74. The quantitative estimate of drug-likeness (QED) is 0.647. The number of hydrogen-bond acceptors (Lipinski definition) is 3. The van der Waals surface area contributed by atoms with Gasteiger partial charge in [0.2, 0.25) is 5.78 Å². The molecule has 0 aliphatic carbocycles. The molecule has 0 N–H and O–H groups in total. The monoisotopic (exact) mass is 384 g/mol. The van der Waals surface area contributed by atoms with Crippen LogP contribution in [0.3, 0.4) is 0 Å². The van der Waals surface area contributed by atoms with Gasteiger partial charge in [-0.3, -0.25) is 4.79 Å². The lowest BCUT2D eigenvalue weighted by Gasteiger charge is -1.93. The van der Waals surface area contributed by atoms with Gasteiger partial charge in [0, 0.05) is 4.47 Å². The summed E-state index contributed by atoms with van der Waals surface area (Å²) in [6, 6.07) is 3.54. The van der Waals surface area contributed by atoms with E-state index in [1.165, 1.54) is 22.7 Å². The molecule has 0 saturated carbocycles. The molecule has 0 aliphatic rings. The predicted molar refractivity (Wildman–Crippen MR) is 72.5 cm³/mol. The topological polar surface area (TPSA) is 17.1 Å².